The molecule has 2 aliphatic heterocycles. The summed E-state index contributed by atoms with van der Waals surface area (Å²) < 4.78 is 27.8. The van der Waals surface area contributed by atoms with Gasteiger partial charge >= 0.3 is 6.03 Å². The highest BCUT2D eigenvalue weighted by Crippen LogP contribution is 2.35. The van der Waals surface area contributed by atoms with Crippen molar-refractivity contribution in [3.05, 3.63) is 53.9 Å². The Morgan fingerprint density at radius 3 is 2.53 bits per heavy atom. The number of benzene rings is 1. The Labute approximate surface area is 252 Å². The van der Waals surface area contributed by atoms with Crippen LogP contribution in [0.1, 0.15) is 62.5 Å². The summed E-state index contributed by atoms with van der Waals surface area (Å²) in [4.78, 5) is 31.9. The first-order valence-corrected chi connectivity index (χ1v) is 15.6. The van der Waals surface area contributed by atoms with Crippen molar-refractivity contribution < 1.29 is 23.5 Å². The SMILES string of the molecule is COc1ccc(CN2C(=O)CCN(c3cnn4ccc(CC5CCN(CC6(F)CCCCC6)CC5)cc34)C2=O)c(OC)c1. The molecule has 3 aliphatic rings. The lowest BCUT2D eigenvalue weighted by molar-refractivity contribution is -0.129. The molecule has 43 heavy (non-hydrogen) atoms. The number of ether oxygens (including phenoxy) is 2. The van der Waals surface area contributed by atoms with E-state index in [9.17, 15) is 9.59 Å². The molecule has 0 spiro atoms. The Kier molecular flexibility index (Phi) is 8.56. The normalized spacial score (nSPS) is 20.2. The Balaban J connectivity index is 1.13. The summed E-state index contributed by atoms with van der Waals surface area (Å²) in [6, 6.07) is 9.20. The molecule has 0 N–H and O–H groups in total. The second-order valence-electron chi connectivity index (χ2n) is 12.4. The van der Waals surface area contributed by atoms with E-state index in [0.29, 0.717) is 49.0 Å². The molecule has 0 radical (unpaired) electrons. The van der Waals surface area contributed by atoms with Crippen molar-refractivity contribution in [1.29, 1.82) is 0 Å². The number of carbonyl (C=O) groups is 2. The third-order valence-corrected chi connectivity index (χ3v) is 9.48. The van der Waals surface area contributed by atoms with Gasteiger partial charge in [0.15, 0.2) is 0 Å². The maximum Gasteiger partial charge on any atom is 0.331 e. The number of pyridine rings is 1. The standard InChI is InChI=1S/C33H42FN5O4/c1-42-27-7-6-26(30(20-27)43-2)22-38-31(40)11-16-37(32(38)41)29-21-35-39-17-10-25(19-28(29)39)18-24-8-14-36(15-9-24)23-33(34)12-4-3-5-13-33/h6-7,10,17,19-21,24H,3-5,8-9,11-16,18,22-23H2,1-2H3. The number of carbonyl (C=O) groups excluding carboxylic acids is 2. The van der Waals surface area contributed by atoms with Crippen molar-refractivity contribution in [3.8, 4) is 11.5 Å². The summed E-state index contributed by atoms with van der Waals surface area (Å²) in [6.45, 7) is 2.88. The molecule has 2 aromatic heterocycles. The van der Waals surface area contributed by atoms with Crippen LogP contribution in [0.4, 0.5) is 14.9 Å². The van der Waals surface area contributed by atoms with E-state index in [2.05, 4.69) is 22.1 Å². The highest BCUT2D eigenvalue weighted by molar-refractivity contribution is 6.07. The Morgan fingerprint density at radius 2 is 1.79 bits per heavy atom. The summed E-state index contributed by atoms with van der Waals surface area (Å²) in [5, 5.41) is 4.51. The van der Waals surface area contributed by atoms with Crippen LogP contribution in [-0.2, 0) is 17.8 Å². The van der Waals surface area contributed by atoms with Crippen LogP contribution < -0.4 is 14.4 Å². The number of hydrogen-bond acceptors (Lipinski definition) is 6. The number of nitrogens with zero attached hydrogens (tertiary/aromatic N) is 5. The molecule has 9 nitrogen and oxygen atoms in total. The first-order valence-electron chi connectivity index (χ1n) is 15.6. The molecule has 1 aromatic carbocycles. The number of rotatable bonds is 9. The van der Waals surface area contributed by atoms with E-state index < -0.39 is 5.67 Å². The highest BCUT2D eigenvalue weighted by atomic mass is 19.1. The molecular weight excluding hydrogens is 549 g/mol. The first-order chi connectivity index (χ1) is 20.9. The molecule has 1 saturated carbocycles. The lowest BCUT2D eigenvalue weighted by atomic mass is 9.84. The Hall–Kier alpha value is -3.66. The second-order valence-corrected chi connectivity index (χ2v) is 12.4. The van der Waals surface area contributed by atoms with E-state index in [1.807, 2.05) is 12.3 Å². The van der Waals surface area contributed by atoms with Gasteiger partial charge < -0.3 is 14.4 Å². The van der Waals surface area contributed by atoms with Crippen molar-refractivity contribution in [3.63, 3.8) is 0 Å². The van der Waals surface area contributed by atoms with E-state index in [1.165, 1.54) is 10.5 Å². The van der Waals surface area contributed by atoms with Crippen LogP contribution in [0.25, 0.3) is 5.52 Å². The minimum Gasteiger partial charge on any atom is -0.497 e. The summed E-state index contributed by atoms with van der Waals surface area (Å²) >= 11 is 0. The number of fused-ring (bicyclic) bond motifs is 1. The molecular formula is C33H42FN5O4. The fourth-order valence-corrected chi connectivity index (χ4v) is 7.00. The lowest BCUT2D eigenvalue weighted by Crippen LogP contribution is -2.52. The van der Waals surface area contributed by atoms with Crippen LogP contribution in [0.15, 0.2) is 42.7 Å². The number of anilines is 1. The predicted molar refractivity (Wildman–Crippen MR) is 162 cm³/mol. The lowest BCUT2D eigenvalue weighted by Gasteiger charge is -2.38. The zero-order valence-corrected chi connectivity index (χ0v) is 25.3. The number of urea groups is 1. The third-order valence-electron chi connectivity index (χ3n) is 9.48. The first kappa shape index (κ1) is 29.4. The van der Waals surface area contributed by atoms with Gasteiger partial charge in [0.05, 0.1) is 38.2 Å². The van der Waals surface area contributed by atoms with Crippen LogP contribution in [-0.4, -0.2) is 77.4 Å². The van der Waals surface area contributed by atoms with Crippen molar-refractivity contribution in [2.45, 2.75) is 70.0 Å². The molecule has 2 saturated heterocycles. The predicted octanol–water partition coefficient (Wildman–Crippen LogP) is 5.64. The molecule has 3 amide bonds. The van der Waals surface area contributed by atoms with E-state index in [-0.39, 0.29) is 24.9 Å². The molecule has 10 heteroatoms. The van der Waals surface area contributed by atoms with Gasteiger partial charge in [-0.05, 0) is 80.9 Å². The van der Waals surface area contributed by atoms with E-state index in [4.69, 9.17) is 9.47 Å². The fraction of sp³-hybridized carbons (Fsp3) is 0.545. The van der Waals surface area contributed by atoms with Crippen molar-refractivity contribution in [2.75, 3.05) is 45.3 Å². The van der Waals surface area contributed by atoms with E-state index >= 15 is 4.39 Å². The van der Waals surface area contributed by atoms with E-state index in [1.54, 1.807) is 42.0 Å². The van der Waals surface area contributed by atoms with Gasteiger partial charge in [-0.15, -0.1) is 0 Å². The number of likely N-dealkylation sites (tertiary alicyclic amines) is 1. The molecule has 1 aliphatic carbocycles. The number of amides is 3. The van der Waals surface area contributed by atoms with Crippen molar-refractivity contribution in [2.24, 2.45) is 5.92 Å². The molecule has 230 valence electrons. The molecule has 0 unspecified atom stereocenters. The molecule has 3 fully saturated rings. The van der Waals surface area contributed by atoms with Gasteiger partial charge in [0.1, 0.15) is 17.2 Å². The van der Waals surface area contributed by atoms with Crippen LogP contribution in [0.2, 0.25) is 0 Å². The smallest absolute Gasteiger partial charge is 0.331 e. The van der Waals surface area contributed by atoms with Crippen molar-refractivity contribution in [1.82, 2.24) is 19.4 Å². The number of imide groups is 1. The largest absolute Gasteiger partial charge is 0.497 e. The Morgan fingerprint density at radius 1 is 1.00 bits per heavy atom. The van der Waals surface area contributed by atoms with Gasteiger partial charge in [-0.25, -0.2) is 13.7 Å². The van der Waals surface area contributed by atoms with Crippen LogP contribution >= 0.6 is 0 Å². The van der Waals surface area contributed by atoms with Gasteiger partial charge in [0.25, 0.3) is 0 Å². The average Bonchev–Trinajstić information content (AvgIpc) is 3.43. The topological polar surface area (TPSA) is 79.6 Å². The summed E-state index contributed by atoms with van der Waals surface area (Å²) in [5.41, 5.74) is 2.46. The van der Waals surface area contributed by atoms with Gasteiger partial charge in [-0.3, -0.25) is 14.6 Å². The summed E-state index contributed by atoms with van der Waals surface area (Å²) in [7, 11) is 3.13. The fourth-order valence-electron chi connectivity index (χ4n) is 7.00. The average molecular weight is 592 g/mol. The zero-order chi connectivity index (χ0) is 30.0. The van der Waals surface area contributed by atoms with Crippen molar-refractivity contribution >= 4 is 23.1 Å². The molecule has 3 aromatic rings. The zero-order valence-electron chi connectivity index (χ0n) is 25.3. The minimum atomic E-state index is -0.999. The van der Waals surface area contributed by atoms with Gasteiger partial charge in [0, 0.05) is 37.3 Å². The van der Waals surface area contributed by atoms with Gasteiger partial charge in [0.2, 0.25) is 5.91 Å². The molecule has 4 heterocycles. The maximum absolute atomic E-state index is 15.2. The summed E-state index contributed by atoms with van der Waals surface area (Å²) in [6.07, 6.45) is 11.5. The number of halogens is 1. The van der Waals surface area contributed by atoms with Crippen LogP contribution in [0, 0.1) is 5.92 Å². The highest BCUT2D eigenvalue weighted by Gasteiger charge is 2.36. The van der Waals surface area contributed by atoms with Crippen LogP contribution in [0.3, 0.4) is 0 Å². The number of hydrogen-bond donors (Lipinski definition) is 0. The Bertz CT molecular complexity index is 1460. The van der Waals surface area contributed by atoms with Crippen LogP contribution in [0.5, 0.6) is 11.5 Å². The molecule has 0 bridgehead atoms. The molecule has 0 atom stereocenters. The number of alkyl halides is 1. The number of piperidine rings is 1. The minimum absolute atomic E-state index is 0.105. The monoisotopic (exact) mass is 591 g/mol. The number of aromatic nitrogens is 2. The quantitative estimate of drug-likeness (QED) is 0.321. The van der Waals surface area contributed by atoms with Gasteiger partial charge in [-0.2, -0.15) is 5.10 Å². The maximum atomic E-state index is 15.2. The second kappa shape index (κ2) is 12.5. The number of methoxy groups -OCH3 is 2. The van der Waals surface area contributed by atoms with E-state index in [0.717, 1.165) is 62.7 Å². The molecule has 6 rings (SSSR count). The third kappa shape index (κ3) is 6.34. The van der Waals surface area contributed by atoms with Gasteiger partial charge in [-0.1, -0.05) is 19.3 Å². The summed E-state index contributed by atoms with van der Waals surface area (Å²) in [5.74, 6) is 1.52.